The van der Waals surface area contributed by atoms with E-state index in [9.17, 15) is 18.0 Å². The van der Waals surface area contributed by atoms with Crippen LogP contribution in [0.4, 0.5) is 13.2 Å². The van der Waals surface area contributed by atoms with Crippen molar-refractivity contribution in [3.05, 3.63) is 35.1 Å². The summed E-state index contributed by atoms with van der Waals surface area (Å²) in [5, 5.41) is 0. The van der Waals surface area contributed by atoms with Crippen molar-refractivity contribution in [2.24, 2.45) is 0 Å². The molecular weight excluding hydrogens is 245 g/mol. The van der Waals surface area contributed by atoms with Crippen LogP contribution in [0.15, 0.2) is 12.1 Å². The monoisotopic (exact) mass is 258 g/mol. The number of carbonyl (C=O) groups excluding carboxylic acids is 1. The van der Waals surface area contributed by atoms with Gasteiger partial charge in [0.25, 0.3) is 0 Å². The minimum Gasteiger partial charge on any atom is -0.459 e. The topological polar surface area (TPSA) is 26.3 Å². The SMILES string of the molecule is O=C(OC1CCCCC1)c1cc(F)c(F)c(F)c1. The van der Waals surface area contributed by atoms with Crippen molar-refractivity contribution in [2.75, 3.05) is 0 Å². The third-order valence-corrected chi connectivity index (χ3v) is 3.05. The van der Waals surface area contributed by atoms with Crippen molar-refractivity contribution in [1.29, 1.82) is 0 Å². The normalized spacial score (nSPS) is 16.6. The molecule has 0 saturated heterocycles. The molecule has 2 nitrogen and oxygen atoms in total. The van der Waals surface area contributed by atoms with Gasteiger partial charge in [-0.15, -0.1) is 0 Å². The highest BCUT2D eigenvalue weighted by Crippen LogP contribution is 2.22. The average molecular weight is 258 g/mol. The molecule has 0 spiro atoms. The summed E-state index contributed by atoms with van der Waals surface area (Å²) in [5.41, 5.74) is -0.294. The molecule has 5 heteroatoms. The maximum Gasteiger partial charge on any atom is 0.338 e. The summed E-state index contributed by atoms with van der Waals surface area (Å²) in [7, 11) is 0. The quantitative estimate of drug-likeness (QED) is 0.598. The van der Waals surface area contributed by atoms with Gasteiger partial charge in [0.1, 0.15) is 6.10 Å². The molecule has 0 amide bonds. The molecule has 0 radical (unpaired) electrons. The van der Waals surface area contributed by atoms with E-state index >= 15 is 0 Å². The molecule has 0 heterocycles. The van der Waals surface area contributed by atoms with Crippen LogP contribution in [0.3, 0.4) is 0 Å². The molecule has 1 aliphatic rings. The Bertz CT molecular complexity index is 431. The fourth-order valence-electron chi connectivity index (χ4n) is 2.08. The van der Waals surface area contributed by atoms with E-state index in [4.69, 9.17) is 4.74 Å². The van der Waals surface area contributed by atoms with Gasteiger partial charge in [0.2, 0.25) is 0 Å². The van der Waals surface area contributed by atoms with E-state index in [1.54, 1.807) is 0 Å². The second kappa shape index (κ2) is 5.42. The smallest absolute Gasteiger partial charge is 0.338 e. The highest BCUT2D eigenvalue weighted by molar-refractivity contribution is 5.89. The highest BCUT2D eigenvalue weighted by atomic mass is 19.2. The molecule has 0 aromatic heterocycles. The van der Waals surface area contributed by atoms with Crippen molar-refractivity contribution in [2.45, 2.75) is 38.2 Å². The molecule has 98 valence electrons. The molecular formula is C13H13F3O2. The summed E-state index contributed by atoms with van der Waals surface area (Å²) in [6, 6.07) is 1.31. The Morgan fingerprint density at radius 3 is 2.17 bits per heavy atom. The van der Waals surface area contributed by atoms with E-state index in [1.807, 2.05) is 0 Å². The molecule has 0 atom stereocenters. The summed E-state index contributed by atoms with van der Waals surface area (Å²) < 4.78 is 43.8. The summed E-state index contributed by atoms with van der Waals surface area (Å²) >= 11 is 0. The lowest BCUT2D eigenvalue weighted by atomic mass is 9.98. The van der Waals surface area contributed by atoms with Crippen LogP contribution in [0.2, 0.25) is 0 Å². The van der Waals surface area contributed by atoms with Crippen molar-refractivity contribution in [1.82, 2.24) is 0 Å². The lowest BCUT2D eigenvalue weighted by Crippen LogP contribution is -2.21. The van der Waals surface area contributed by atoms with Gasteiger partial charge in [-0.25, -0.2) is 18.0 Å². The number of ether oxygens (including phenoxy) is 1. The molecule has 18 heavy (non-hydrogen) atoms. The molecule has 2 rings (SSSR count). The Balaban J connectivity index is 2.08. The zero-order chi connectivity index (χ0) is 13.1. The fraction of sp³-hybridized carbons (Fsp3) is 0.462. The molecule has 1 aromatic carbocycles. The molecule has 1 aromatic rings. The van der Waals surface area contributed by atoms with Crippen LogP contribution >= 0.6 is 0 Å². The number of esters is 1. The van der Waals surface area contributed by atoms with Gasteiger partial charge in [0, 0.05) is 0 Å². The van der Waals surface area contributed by atoms with E-state index in [0.29, 0.717) is 12.1 Å². The number of rotatable bonds is 2. The Kier molecular flexibility index (Phi) is 3.89. The fourth-order valence-corrected chi connectivity index (χ4v) is 2.08. The van der Waals surface area contributed by atoms with Crippen LogP contribution in [0.5, 0.6) is 0 Å². The van der Waals surface area contributed by atoms with Crippen molar-refractivity contribution >= 4 is 5.97 Å². The molecule has 0 bridgehead atoms. The van der Waals surface area contributed by atoms with Gasteiger partial charge in [-0.1, -0.05) is 6.42 Å². The number of benzene rings is 1. The van der Waals surface area contributed by atoms with Crippen LogP contribution in [0, 0.1) is 17.5 Å². The van der Waals surface area contributed by atoms with Gasteiger partial charge >= 0.3 is 5.97 Å². The van der Waals surface area contributed by atoms with Gasteiger partial charge in [0.15, 0.2) is 17.5 Å². The third kappa shape index (κ3) is 2.83. The number of hydrogen-bond acceptors (Lipinski definition) is 2. The zero-order valence-electron chi connectivity index (χ0n) is 9.72. The van der Waals surface area contributed by atoms with E-state index < -0.39 is 23.4 Å². The second-order valence-electron chi connectivity index (χ2n) is 4.42. The standard InChI is InChI=1S/C13H13F3O2/c14-10-6-8(7-11(15)12(10)16)13(17)18-9-4-2-1-3-5-9/h6-7,9H,1-5H2. The molecule has 1 aliphatic carbocycles. The first-order valence-corrected chi connectivity index (χ1v) is 5.93. The first-order chi connectivity index (χ1) is 8.58. The van der Waals surface area contributed by atoms with Gasteiger partial charge in [-0.3, -0.25) is 0 Å². The summed E-state index contributed by atoms with van der Waals surface area (Å²) in [4.78, 5) is 11.7. The number of hydrogen-bond donors (Lipinski definition) is 0. The Labute approximate surface area is 103 Å². The summed E-state index contributed by atoms with van der Waals surface area (Å²) in [6.07, 6.45) is 4.38. The highest BCUT2D eigenvalue weighted by Gasteiger charge is 2.21. The number of halogens is 3. The predicted molar refractivity (Wildman–Crippen MR) is 58.6 cm³/mol. The molecule has 0 aliphatic heterocycles. The summed E-state index contributed by atoms with van der Waals surface area (Å²) in [6.45, 7) is 0. The lowest BCUT2D eigenvalue weighted by molar-refractivity contribution is 0.0210. The van der Waals surface area contributed by atoms with Crippen LogP contribution in [-0.4, -0.2) is 12.1 Å². The maximum absolute atomic E-state index is 13.0. The molecule has 0 unspecified atom stereocenters. The maximum atomic E-state index is 13.0. The van der Waals surface area contributed by atoms with E-state index in [-0.39, 0.29) is 11.7 Å². The zero-order valence-corrected chi connectivity index (χ0v) is 9.72. The van der Waals surface area contributed by atoms with Crippen LogP contribution in [-0.2, 0) is 4.74 Å². The largest absolute Gasteiger partial charge is 0.459 e. The average Bonchev–Trinajstić information content (AvgIpc) is 2.36. The van der Waals surface area contributed by atoms with Crippen LogP contribution in [0.25, 0.3) is 0 Å². The van der Waals surface area contributed by atoms with Gasteiger partial charge < -0.3 is 4.74 Å². The predicted octanol–water partition coefficient (Wildman–Crippen LogP) is 3.59. The first-order valence-electron chi connectivity index (χ1n) is 5.93. The second-order valence-corrected chi connectivity index (χ2v) is 4.42. The third-order valence-electron chi connectivity index (χ3n) is 3.05. The van der Waals surface area contributed by atoms with Gasteiger partial charge in [0.05, 0.1) is 5.56 Å². The minimum atomic E-state index is -1.58. The first kappa shape index (κ1) is 12.9. The van der Waals surface area contributed by atoms with Crippen molar-refractivity contribution in [3.63, 3.8) is 0 Å². The van der Waals surface area contributed by atoms with E-state index in [1.165, 1.54) is 0 Å². The van der Waals surface area contributed by atoms with E-state index in [2.05, 4.69) is 0 Å². The van der Waals surface area contributed by atoms with Gasteiger partial charge in [-0.2, -0.15) is 0 Å². The van der Waals surface area contributed by atoms with Crippen molar-refractivity contribution < 1.29 is 22.7 Å². The Morgan fingerprint density at radius 1 is 1.06 bits per heavy atom. The Hall–Kier alpha value is -1.52. The minimum absolute atomic E-state index is 0.206. The lowest BCUT2D eigenvalue weighted by Gasteiger charge is -2.21. The number of carbonyl (C=O) groups is 1. The molecule has 1 fully saturated rings. The van der Waals surface area contributed by atoms with Crippen LogP contribution < -0.4 is 0 Å². The van der Waals surface area contributed by atoms with Crippen molar-refractivity contribution in [3.8, 4) is 0 Å². The summed E-state index contributed by atoms with van der Waals surface area (Å²) in [5.74, 6) is -5.15. The van der Waals surface area contributed by atoms with Crippen LogP contribution in [0.1, 0.15) is 42.5 Å². The molecule has 1 saturated carbocycles. The van der Waals surface area contributed by atoms with E-state index in [0.717, 1.165) is 32.1 Å². The Morgan fingerprint density at radius 2 is 1.61 bits per heavy atom. The molecule has 0 N–H and O–H groups in total. The van der Waals surface area contributed by atoms with Gasteiger partial charge in [-0.05, 0) is 37.8 Å².